The van der Waals surface area contributed by atoms with Crippen molar-refractivity contribution >= 4 is 10.9 Å². The van der Waals surface area contributed by atoms with Crippen molar-refractivity contribution in [2.45, 2.75) is 46.4 Å². The molecule has 1 aliphatic heterocycles. The van der Waals surface area contributed by atoms with Gasteiger partial charge in [-0.25, -0.2) is 0 Å². The fraction of sp³-hybridized carbons (Fsp3) is 0.556. The third kappa shape index (κ3) is 2.82. The Morgan fingerprint density at radius 3 is 2.52 bits per heavy atom. The molecule has 1 aliphatic rings. The first-order valence-electron chi connectivity index (χ1n) is 7.76. The summed E-state index contributed by atoms with van der Waals surface area (Å²) in [5, 5.41) is 1.17. The van der Waals surface area contributed by atoms with Crippen molar-refractivity contribution in [2.75, 3.05) is 0 Å². The summed E-state index contributed by atoms with van der Waals surface area (Å²) >= 11 is 0. The molecule has 2 aromatic rings. The fourth-order valence-corrected chi connectivity index (χ4v) is 3.53. The van der Waals surface area contributed by atoms with Gasteiger partial charge >= 0.3 is 18.9 Å². The molecular weight excluding hydrogens is 253 g/mol. The van der Waals surface area contributed by atoms with E-state index < -0.39 is 0 Å². The summed E-state index contributed by atoms with van der Waals surface area (Å²) in [6.45, 7) is 9.22. The summed E-state index contributed by atoms with van der Waals surface area (Å²) < 4.78 is 8.69. The van der Waals surface area contributed by atoms with E-state index in [0.717, 1.165) is 6.42 Å². The molecule has 1 saturated heterocycles. The maximum atomic E-state index is 6.43. The predicted molar refractivity (Wildman–Crippen MR) is 82.5 cm³/mol. The molecule has 21 heavy (non-hydrogen) atoms. The molecule has 0 radical (unpaired) electrons. The van der Waals surface area contributed by atoms with Gasteiger partial charge in [0.05, 0.1) is 6.10 Å². The molecule has 0 aliphatic carbocycles. The predicted octanol–water partition coefficient (Wildman–Crippen LogP) is 1.66. The SMILES string of the molecule is CC[C@H]1O[C@@H](n2c[c-]c3ccccc32)[C@H](C)[C@@H](C)C1C.[Li+]. The minimum atomic E-state index is 0. The second-order valence-corrected chi connectivity index (χ2v) is 6.25. The maximum absolute atomic E-state index is 6.43. The third-order valence-corrected chi connectivity index (χ3v) is 5.23. The van der Waals surface area contributed by atoms with Gasteiger partial charge in [0, 0.05) is 5.92 Å². The van der Waals surface area contributed by atoms with Crippen LogP contribution < -0.4 is 18.9 Å². The van der Waals surface area contributed by atoms with Crippen LogP contribution in [-0.4, -0.2) is 10.7 Å². The largest absolute Gasteiger partial charge is 1.00 e. The average Bonchev–Trinajstić information content (AvgIpc) is 2.89. The molecule has 2 heterocycles. The minimum Gasteiger partial charge on any atom is -0.387 e. The van der Waals surface area contributed by atoms with E-state index in [-0.39, 0.29) is 25.1 Å². The van der Waals surface area contributed by atoms with Crippen LogP contribution in [0.3, 0.4) is 0 Å². The summed E-state index contributed by atoms with van der Waals surface area (Å²) in [5.74, 6) is 1.80. The molecule has 108 valence electrons. The summed E-state index contributed by atoms with van der Waals surface area (Å²) in [4.78, 5) is 0. The van der Waals surface area contributed by atoms with Crippen LogP contribution in [0, 0.1) is 23.8 Å². The number of fused-ring (bicyclic) bond motifs is 1. The van der Waals surface area contributed by atoms with Gasteiger partial charge in [-0.05, 0) is 18.3 Å². The first-order valence-corrected chi connectivity index (χ1v) is 7.76. The van der Waals surface area contributed by atoms with Gasteiger partial charge < -0.3 is 9.30 Å². The van der Waals surface area contributed by atoms with Crippen molar-refractivity contribution in [1.82, 2.24) is 4.57 Å². The topological polar surface area (TPSA) is 14.2 Å². The number of benzene rings is 1. The Bertz CT molecular complexity index is 592. The standard InChI is InChI=1S/C18H24NO.Li/c1-5-17-13(3)12(2)14(4)18(20-17)19-11-10-15-8-6-7-9-16(15)19;/h6-9,11-14,17-18H,5H2,1-4H3;/q-1;+1/t12-,13?,14+,17+,18+;/m0./s1. The quantitative estimate of drug-likeness (QED) is 0.601. The van der Waals surface area contributed by atoms with E-state index in [9.17, 15) is 0 Å². The Hall–Kier alpha value is -0.683. The van der Waals surface area contributed by atoms with Gasteiger partial charge in [-0.1, -0.05) is 51.5 Å². The normalized spacial score (nSPS) is 32.9. The van der Waals surface area contributed by atoms with Crippen LogP contribution in [0.1, 0.15) is 40.3 Å². The summed E-state index contributed by atoms with van der Waals surface area (Å²) in [7, 11) is 0. The smallest absolute Gasteiger partial charge is 0.387 e. The number of aromatic nitrogens is 1. The molecule has 0 spiro atoms. The molecular formula is C18H24LiNO. The second kappa shape index (κ2) is 6.61. The van der Waals surface area contributed by atoms with Crippen LogP contribution in [-0.2, 0) is 4.74 Å². The van der Waals surface area contributed by atoms with E-state index >= 15 is 0 Å². The van der Waals surface area contributed by atoms with E-state index in [4.69, 9.17) is 4.74 Å². The van der Waals surface area contributed by atoms with E-state index in [1.165, 1.54) is 10.9 Å². The van der Waals surface area contributed by atoms with Gasteiger partial charge in [-0.3, -0.25) is 0 Å². The van der Waals surface area contributed by atoms with Gasteiger partial charge in [0.15, 0.2) is 0 Å². The number of nitrogens with zero attached hydrogens (tertiary/aromatic N) is 1. The van der Waals surface area contributed by atoms with Crippen molar-refractivity contribution < 1.29 is 23.6 Å². The summed E-state index contributed by atoms with van der Waals surface area (Å²) in [6.07, 6.45) is 3.62. The monoisotopic (exact) mass is 277 g/mol. The van der Waals surface area contributed by atoms with Gasteiger partial charge in [0.2, 0.25) is 0 Å². The maximum Gasteiger partial charge on any atom is 1.00 e. The van der Waals surface area contributed by atoms with E-state index in [1.54, 1.807) is 0 Å². The first-order chi connectivity index (χ1) is 9.63. The van der Waals surface area contributed by atoms with E-state index in [2.05, 4.69) is 68.8 Å². The van der Waals surface area contributed by atoms with Crippen molar-refractivity contribution in [3.63, 3.8) is 0 Å². The Morgan fingerprint density at radius 2 is 1.81 bits per heavy atom. The fourth-order valence-electron chi connectivity index (χ4n) is 3.53. The molecule has 1 aromatic heterocycles. The molecule has 0 amide bonds. The van der Waals surface area contributed by atoms with Crippen molar-refractivity contribution in [3.05, 3.63) is 36.5 Å². The molecule has 3 rings (SSSR count). The Balaban J connectivity index is 0.00000161. The minimum absolute atomic E-state index is 0. The zero-order valence-corrected chi connectivity index (χ0v) is 13.8. The van der Waals surface area contributed by atoms with Crippen LogP contribution in [0.25, 0.3) is 10.9 Å². The Labute approximate surface area is 140 Å². The second-order valence-electron chi connectivity index (χ2n) is 6.25. The molecule has 5 atom stereocenters. The van der Waals surface area contributed by atoms with Crippen LogP contribution >= 0.6 is 0 Å². The molecule has 1 aromatic carbocycles. The average molecular weight is 277 g/mol. The molecule has 2 nitrogen and oxygen atoms in total. The van der Waals surface area contributed by atoms with Crippen molar-refractivity contribution in [1.29, 1.82) is 0 Å². The molecule has 3 heteroatoms. The van der Waals surface area contributed by atoms with Crippen molar-refractivity contribution in [2.24, 2.45) is 17.8 Å². The van der Waals surface area contributed by atoms with Crippen LogP contribution in [0.2, 0.25) is 0 Å². The number of rotatable bonds is 2. The van der Waals surface area contributed by atoms with Crippen LogP contribution in [0.15, 0.2) is 30.5 Å². The summed E-state index contributed by atoms with van der Waals surface area (Å²) in [6, 6.07) is 11.8. The van der Waals surface area contributed by atoms with Crippen molar-refractivity contribution in [3.8, 4) is 0 Å². The first kappa shape index (κ1) is 16.7. The van der Waals surface area contributed by atoms with Gasteiger partial charge in [0.1, 0.15) is 6.23 Å². The van der Waals surface area contributed by atoms with Gasteiger partial charge in [-0.2, -0.15) is 17.5 Å². The third-order valence-electron chi connectivity index (χ3n) is 5.23. The number of ether oxygens (including phenoxy) is 1. The Morgan fingerprint density at radius 1 is 1.10 bits per heavy atom. The number of hydrogen-bond donors (Lipinski definition) is 0. The zero-order chi connectivity index (χ0) is 14.3. The number of para-hydroxylation sites is 1. The van der Waals surface area contributed by atoms with E-state index in [0.29, 0.717) is 23.9 Å². The molecule has 0 bridgehead atoms. The number of hydrogen-bond acceptors (Lipinski definition) is 1. The van der Waals surface area contributed by atoms with Crippen LogP contribution in [0.5, 0.6) is 0 Å². The molecule has 1 fully saturated rings. The summed E-state index contributed by atoms with van der Waals surface area (Å²) in [5.41, 5.74) is 1.22. The van der Waals surface area contributed by atoms with Gasteiger partial charge in [0.25, 0.3) is 0 Å². The van der Waals surface area contributed by atoms with E-state index in [1.807, 2.05) is 0 Å². The van der Waals surface area contributed by atoms with Gasteiger partial charge in [-0.15, -0.1) is 6.07 Å². The zero-order valence-electron chi connectivity index (χ0n) is 13.8. The van der Waals surface area contributed by atoms with Crippen LogP contribution in [0.4, 0.5) is 0 Å². The molecule has 0 N–H and O–H groups in total. The Kier molecular flexibility index (Phi) is 5.25. The molecule has 0 saturated carbocycles. The molecule has 1 unspecified atom stereocenters.